The number of ketones is 1. The molecule has 54 heavy (non-hydrogen) atoms. The first kappa shape index (κ1) is 37.6. The van der Waals surface area contributed by atoms with Gasteiger partial charge in [0.25, 0.3) is 5.91 Å². The smallest absolute Gasteiger partial charge is 0.307 e. The van der Waals surface area contributed by atoms with Crippen molar-refractivity contribution in [3.63, 3.8) is 0 Å². The lowest BCUT2D eigenvalue weighted by molar-refractivity contribution is -0.144. The monoisotopic (exact) mass is 744 g/mol. The Labute approximate surface area is 316 Å². The second kappa shape index (κ2) is 18.1. The topological polar surface area (TPSA) is 164 Å². The van der Waals surface area contributed by atoms with Gasteiger partial charge in [0.1, 0.15) is 17.8 Å². The second-order valence-electron chi connectivity index (χ2n) is 13.2. The number of carbonyl (C=O) groups is 5. The third-order valence-electron chi connectivity index (χ3n) is 9.24. The second-order valence-corrected chi connectivity index (χ2v) is 14.2. The van der Waals surface area contributed by atoms with Crippen molar-refractivity contribution in [2.45, 2.75) is 50.2 Å². The summed E-state index contributed by atoms with van der Waals surface area (Å²) in [5.41, 5.74) is 4.06. The molecule has 0 unspecified atom stereocenters. The van der Waals surface area contributed by atoms with Gasteiger partial charge in [0.05, 0.1) is 12.0 Å². The Bertz CT molecular complexity index is 2040. The van der Waals surface area contributed by atoms with Crippen molar-refractivity contribution in [1.82, 2.24) is 20.9 Å². The minimum absolute atomic E-state index is 0.0619. The molecular weight excluding hydrogens is 705 g/mol. The standard InChI is InChI=1S/C42H40N4O7S/c47-38-24-32(42(51)52)21-28-10-14-33(15-11-28)53-26-39(48)44-37(25-34-7-4-20-54-34)41(50)46-36(40(49)45-35(38)22-27-5-2-1-3-6-27)23-29-8-12-30(13-9-29)31-16-18-43-19-17-31/h1-20,32,35-37H,21-26H2,(H,44,48)(H,45,49)(H,46,50)(H,51,52)/t32-,35+,36+,37+/m1/s1. The fraction of sp³-hybridized carbons (Fsp3) is 0.238. The molecule has 0 spiro atoms. The van der Waals surface area contributed by atoms with E-state index in [1.807, 2.05) is 84.2 Å². The minimum atomic E-state index is -1.16. The molecule has 2 aliphatic rings. The van der Waals surface area contributed by atoms with Gasteiger partial charge in [-0.1, -0.05) is 72.8 Å². The summed E-state index contributed by atoms with van der Waals surface area (Å²) in [5, 5.41) is 20.5. The minimum Gasteiger partial charge on any atom is -0.484 e. The molecule has 4 N–H and O–H groups in total. The molecule has 11 nitrogen and oxygen atoms in total. The molecule has 12 heteroatoms. The first-order chi connectivity index (χ1) is 26.2. The largest absolute Gasteiger partial charge is 0.484 e. The van der Waals surface area contributed by atoms with Crippen LogP contribution in [0.4, 0.5) is 0 Å². The Kier molecular flexibility index (Phi) is 12.6. The number of Topliss-reactive ketones (excluding diaryl/α,β-unsaturated/α-hetero) is 1. The number of carboxylic acid groups (broad SMARTS) is 1. The average Bonchev–Trinajstić information content (AvgIpc) is 3.70. The Morgan fingerprint density at radius 2 is 1.31 bits per heavy atom. The van der Waals surface area contributed by atoms with Gasteiger partial charge in [0.2, 0.25) is 11.8 Å². The van der Waals surface area contributed by atoms with E-state index in [2.05, 4.69) is 20.9 Å². The summed E-state index contributed by atoms with van der Waals surface area (Å²) in [6, 6.07) is 27.5. The van der Waals surface area contributed by atoms with E-state index in [0.29, 0.717) is 11.3 Å². The molecule has 0 aliphatic carbocycles. The summed E-state index contributed by atoms with van der Waals surface area (Å²) in [6.07, 6.45) is 3.48. The zero-order valence-electron chi connectivity index (χ0n) is 29.4. The van der Waals surface area contributed by atoms with Gasteiger partial charge in [-0.25, -0.2) is 0 Å². The third kappa shape index (κ3) is 10.5. The van der Waals surface area contributed by atoms with Gasteiger partial charge >= 0.3 is 5.97 Å². The number of pyridine rings is 1. The number of nitrogens with one attached hydrogen (secondary N) is 3. The number of nitrogens with zero attached hydrogens (tertiary/aromatic N) is 1. The first-order valence-corrected chi connectivity index (χ1v) is 18.5. The lowest BCUT2D eigenvalue weighted by atomic mass is 9.90. The highest BCUT2D eigenvalue weighted by molar-refractivity contribution is 7.09. The van der Waals surface area contributed by atoms with Gasteiger partial charge in [-0.05, 0) is 76.4 Å². The average molecular weight is 745 g/mol. The maximum absolute atomic E-state index is 14.3. The van der Waals surface area contributed by atoms with Crippen LogP contribution in [0.2, 0.25) is 0 Å². The Balaban J connectivity index is 1.34. The van der Waals surface area contributed by atoms with Gasteiger partial charge < -0.3 is 25.8 Å². The zero-order chi connectivity index (χ0) is 37.9. The van der Waals surface area contributed by atoms with Crippen LogP contribution in [-0.4, -0.2) is 64.3 Å². The lowest BCUT2D eigenvalue weighted by Gasteiger charge is -2.26. The lowest BCUT2D eigenvalue weighted by Crippen LogP contribution is -2.57. The molecule has 2 aromatic heterocycles. The van der Waals surface area contributed by atoms with Gasteiger partial charge in [0.15, 0.2) is 12.4 Å². The van der Waals surface area contributed by atoms with E-state index in [-0.39, 0.29) is 38.7 Å². The summed E-state index contributed by atoms with van der Waals surface area (Å²) < 4.78 is 5.70. The Hall–Kier alpha value is -6.14. The summed E-state index contributed by atoms with van der Waals surface area (Å²) >= 11 is 1.43. The summed E-state index contributed by atoms with van der Waals surface area (Å²) in [4.78, 5) is 72.9. The highest BCUT2D eigenvalue weighted by Gasteiger charge is 2.32. The molecule has 3 aromatic carbocycles. The normalized spacial score (nSPS) is 20.0. The number of carbonyl (C=O) groups excluding carboxylic acids is 4. The molecule has 0 saturated heterocycles. The van der Waals surface area contributed by atoms with Crippen LogP contribution in [0, 0.1) is 5.92 Å². The van der Waals surface area contributed by atoms with Crippen molar-refractivity contribution in [2.24, 2.45) is 5.92 Å². The van der Waals surface area contributed by atoms with E-state index in [9.17, 15) is 29.1 Å². The fourth-order valence-electron chi connectivity index (χ4n) is 6.32. The van der Waals surface area contributed by atoms with Gasteiger partial charge in [-0.2, -0.15) is 0 Å². The van der Waals surface area contributed by atoms with E-state index in [0.717, 1.165) is 27.1 Å². The molecule has 0 radical (unpaired) electrons. The number of aromatic nitrogens is 1. The van der Waals surface area contributed by atoms with Crippen LogP contribution in [0.5, 0.6) is 5.75 Å². The summed E-state index contributed by atoms with van der Waals surface area (Å²) in [5.74, 6) is -4.05. The molecule has 2 aliphatic heterocycles. The number of fused-ring (bicyclic) bond motifs is 16. The van der Waals surface area contributed by atoms with E-state index in [1.54, 1.807) is 36.7 Å². The third-order valence-corrected chi connectivity index (χ3v) is 10.1. The number of aliphatic carboxylic acids is 1. The maximum atomic E-state index is 14.3. The molecule has 2 bridgehead atoms. The number of thiophene rings is 1. The number of amides is 3. The number of hydrogen-bond acceptors (Lipinski definition) is 8. The van der Waals surface area contributed by atoms with Gasteiger partial charge in [-0.15, -0.1) is 11.3 Å². The Morgan fingerprint density at radius 1 is 0.685 bits per heavy atom. The van der Waals surface area contributed by atoms with Crippen LogP contribution >= 0.6 is 11.3 Å². The number of benzene rings is 3. The van der Waals surface area contributed by atoms with Crippen LogP contribution in [0.1, 0.15) is 28.0 Å². The molecule has 4 atom stereocenters. The number of hydrogen-bond donors (Lipinski definition) is 4. The number of carboxylic acids is 1. The van der Waals surface area contributed by atoms with Crippen molar-refractivity contribution in [2.75, 3.05) is 6.61 Å². The van der Waals surface area contributed by atoms with E-state index in [1.165, 1.54) is 11.3 Å². The highest BCUT2D eigenvalue weighted by Crippen LogP contribution is 2.22. The van der Waals surface area contributed by atoms with E-state index >= 15 is 0 Å². The SMILES string of the molecule is O=C1COc2ccc(cc2)C[C@@H](C(=O)O)CC(=O)[C@H](Cc2ccccc2)NC(=O)[C@H](Cc2ccc(-c3ccncc3)cc2)NC(=O)[C@H](Cc2cccs2)N1. The summed E-state index contributed by atoms with van der Waals surface area (Å²) in [7, 11) is 0. The van der Waals surface area contributed by atoms with Crippen molar-refractivity contribution < 1.29 is 33.8 Å². The molecule has 3 amide bonds. The van der Waals surface area contributed by atoms with Crippen molar-refractivity contribution >= 4 is 40.8 Å². The fourth-order valence-corrected chi connectivity index (χ4v) is 7.08. The molecule has 276 valence electrons. The number of rotatable bonds is 8. The molecular formula is C42H40N4O7S. The molecule has 5 aromatic rings. The molecule has 0 fully saturated rings. The molecule has 0 saturated carbocycles. The van der Waals surface area contributed by atoms with E-state index < -0.39 is 53.5 Å². The highest BCUT2D eigenvalue weighted by atomic mass is 32.1. The van der Waals surface area contributed by atoms with Crippen LogP contribution in [-0.2, 0) is 49.7 Å². The predicted octanol–water partition coefficient (Wildman–Crippen LogP) is 4.59. The van der Waals surface area contributed by atoms with Crippen molar-refractivity contribution in [1.29, 1.82) is 0 Å². The van der Waals surface area contributed by atoms with Crippen LogP contribution in [0.15, 0.2) is 121 Å². The van der Waals surface area contributed by atoms with Crippen LogP contribution in [0.3, 0.4) is 0 Å². The van der Waals surface area contributed by atoms with Crippen molar-refractivity contribution in [3.8, 4) is 16.9 Å². The first-order valence-electron chi connectivity index (χ1n) is 17.6. The predicted molar refractivity (Wildman–Crippen MR) is 204 cm³/mol. The Morgan fingerprint density at radius 3 is 1.98 bits per heavy atom. The van der Waals surface area contributed by atoms with Gasteiger partial charge in [0, 0.05) is 36.5 Å². The quantitative estimate of drug-likeness (QED) is 0.168. The van der Waals surface area contributed by atoms with Gasteiger partial charge in [-0.3, -0.25) is 29.0 Å². The molecule has 4 heterocycles. The van der Waals surface area contributed by atoms with E-state index in [4.69, 9.17) is 4.74 Å². The zero-order valence-corrected chi connectivity index (χ0v) is 30.2. The summed E-state index contributed by atoms with van der Waals surface area (Å²) in [6.45, 7) is -0.380. The van der Waals surface area contributed by atoms with Crippen molar-refractivity contribution in [3.05, 3.63) is 142 Å². The maximum Gasteiger partial charge on any atom is 0.307 e. The molecule has 7 rings (SSSR count). The van der Waals surface area contributed by atoms with Crippen LogP contribution < -0.4 is 20.7 Å². The van der Waals surface area contributed by atoms with Crippen LogP contribution in [0.25, 0.3) is 11.1 Å². The number of ether oxygens (including phenoxy) is 1.